The van der Waals surface area contributed by atoms with E-state index in [0.29, 0.717) is 13.1 Å². The van der Waals surface area contributed by atoms with Crippen molar-refractivity contribution in [3.05, 3.63) is 93.5 Å². The molecule has 9 heteroatoms. The molecule has 0 fully saturated rings. The fourth-order valence-electron chi connectivity index (χ4n) is 4.12. The van der Waals surface area contributed by atoms with Crippen molar-refractivity contribution < 1.29 is 14.4 Å². The molecule has 0 spiro atoms. The molecule has 1 aliphatic rings. The summed E-state index contributed by atoms with van der Waals surface area (Å²) in [7, 11) is 0. The van der Waals surface area contributed by atoms with Crippen molar-refractivity contribution in [2.75, 3.05) is 16.3 Å². The molecule has 3 N–H and O–H groups in total. The van der Waals surface area contributed by atoms with Crippen LogP contribution in [0, 0.1) is 0 Å². The van der Waals surface area contributed by atoms with Gasteiger partial charge < -0.3 is 11.1 Å². The molecule has 35 heavy (non-hydrogen) atoms. The third-order valence-electron chi connectivity index (χ3n) is 5.92. The molecule has 0 aromatic heterocycles. The number of anilines is 2. The van der Waals surface area contributed by atoms with Crippen LogP contribution in [0.3, 0.4) is 0 Å². The van der Waals surface area contributed by atoms with Gasteiger partial charge in [0.1, 0.15) is 6.04 Å². The molecule has 0 aliphatic carbocycles. The van der Waals surface area contributed by atoms with Crippen molar-refractivity contribution in [3.63, 3.8) is 0 Å². The number of nitrogens with two attached hydrogens (primary N) is 1. The first-order valence-corrected chi connectivity index (χ1v) is 11.9. The van der Waals surface area contributed by atoms with E-state index in [-0.39, 0.29) is 28.1 Å². The summed E-state index contributed by atoms with van der Waals surface area (Å²) in [6, 6.07) is 18.7. The Morgan fingerprint density at radius 2 is 1.66 bits per heavy atom. The van der Waals surface area contributed by atoms with E-state index in [9.17, 15) is 14.4 Å². The zero-order valence-corrected chi connectivity index (χ0v) is 20.5. The number of amides is 4. The molecule has 1 atom stereocenters. The Morgan fingerprint density at radius 1 is 1.00 bits per heavy atom. The minimum absolute atomic E-state index is 0.0850. The highest BCUT2D eigenvalue weighted by Gasteiger charge is 2.30. The van der Waals surface area contributed by atoms with Crippen LogP contribution in [-0.4, -0.2) is 30.4 Å². The number of hydrogen-bond acceptors (Lipinski definition) is 3. The third-order valence-corrected chi connectivity index (χ3v) is 6.55. The Kier molecular flexibility index (Phi) is 7.28. The Labute approximate surface area is 213 Å². The number of para-hydroxylation sites is 1. The highest BCUT2D eigenvalue weighted by molar-refractivity contribution is 6.39. The van der Waals surface area contributed by atoms with Crippen LogP contribution in [0.4, 0.5) is 16.2 Å². The summed E-state index contributed by atoms with van der Waals surface area (Å²) < 4.78 is 0. The number of rotatable bonds is 7. The second-order valence-electron chi connectivity index (χ2n) is 8.14. The van der Waals surface area contributed by atoms with E-state index in [0.717, 1.165) is 22.5 Å². The summed E-state index contributed by atoms with van der Waals surface area (Å²) in [5.74, 6) is -1.27. The Hall–Kier alpha value is -3.55. The highest BCUT2D eigenvalue weighted by atomic mass is 35.5. The third kappa shape index (κ3) is 5.11. The highest BCUT2D eigenvalue weighted by Crippen LogP contribution is 2.31. The molecule has 3 aromatic carbocycles. The zero-order valence-electron chi connectivity index (χ0n) is 19.0. The van der Waals surface area contributed by atoms with Crippen molar-refractivity contribution >= 4 is 52.4 Å². The fraction of sp³-hybridized carbons (Fsp3) is 0.192. The fourth-order valence-corrected chi connectivity index (χ4v) is 4.69. The lowest BCUT2D eigenvalue weighted by atomic mass is 10.0. The Bertz CT molecular complexity index is 1260. The number of hydrogen-bond donors (Lipinski definition) is 2. The van der Waals surface area contributed by atoms with Crippen LogP contribution in [0.2, 0.25) is 10.0 Å². The maximum absolute atomic E-state index is 13.1. The first-order chi connectivity index (χ1) is 16.8. The number of halogens is 2. The van der Waals surface area contributed by atoms with Gasteiger partial charge in [-0.1, -0.05) is 59.6 Å². The SMILES string of the molecule is CCN1C(=O)N(c2ccc(C[C@H](NC(=O)c3c(Cl)cccc3Cl)C(N)=O)cc2)Cc2ccccc21. The van der Waals surface area contributed by atoms with Gasteiger partial charge in [-0.15, -0.1) is 0 Å². The number of fused-ring (bicyclic) bond motifs is 1. The van der Waals surface area contributed by atoms with Gasteiger partial charge in [0.25, 0.3) is 5.91 Å². The van der Waals surface area contributed by atoms with Crippen LogP contribution < -0.4 is 20.9 Å². The van der Waals surface area contributed by atoms with Gasteiger partial charge in [0.15, 0.2) is 0 Å². The topological polar surface area (TPSA) is 95.7 Å². The number of nitrogens with one attached hydrogen (secondary N) is 1. The van der Waals surface area contributed by atoms with Crippen LogP contribution >= 0.6 is 23.2 Å². The van der Waals surface area contributed by atoms with Crippen molar-refractivity contribution in [3.8, 4) is 0 Å². The van der Waals surface area contributed by atoms with Crippen LogP contribution in [0.1, 0.15) is 28.4 Å². The summed E-state index contributed by atoms with van der Waals surface area (Å²) in [5, 5.41) is 2.97. The summed E-state index contributed by atoms with van der Waals surface area (Å²) in [6.07, 6.45) is 0.168. The van der Waals surface area contributed by atoms with Gasteiger partial charge in [-0.25, -0.2) is 4.79 Å². The van der Waals surface area contributed by atoms with Gasteiger partial charge in [0.05, 0.1) is 27.8 Å². The largest absolute Gasteiger partial charge is 0.368 e. The number of carbonyl (C=O) groups is 3. The number of primary amides is 1. The molecule has 4 amide bonds. The van der Waals surface area contributed by atoms with Gasteiger partial charge in [-0.05, 0) is 48.4 Å². The number of urea groups is 1. The minimum atomic E-state index is -0.972. The first kappa shape index (κ1) is 24.6. The van der Waals surface area contributed by atoms with Crippen LogP contribution in [0.25, 0.3) is 0 Å². The predicted octanol–water partition coefficient (Wildman–Crippen LogP) is 4.79. The monoisotopic (exact) mass is 510 g/mol. The lowest BCUT2D eigenvalue weighted by Crippen LogP contribution is -2.47. The molecule has 0 bridgehead atoms. The molecule has 1 aliphatic heterocycles. The molecular weight excluding hydrogens is 487 g/mol. The van der Waals surface area contributed by atoms with E-state index in [2.05, 4.69) is 5.32 Å². The summed E-state index contributed by atoms with van der Waals surface area (Å²) in [4.78, 5) is 41.3. The molecule has 0 unspecified atom stereocenters. The van der Waals surface area contributed by atoms with Crippen LogP contribution in [-0.2, 0) is 17.8 Å². The Balaban J connectivity index is 1.50. The van der Waals surface area contributed by atoms with Crippen LogP contribution in [0.15, 0.2) is 66.7 Å². The standard InChI is InChI=1S/C26H24Cl2N4O3/c1-2-31-22-9-4-3-6-17(22)15-32(26(31)35)18-12-10-16(11-13-18)14-21(24(29)33)30-25(34)23-19(27)7-5-8-20(23)28/h3-13,21H,2,14-15H2,1H3,(H2,29,33)(H,30,34)/t21-/m0/s1. The van der Waals surface area contributed by atoms with E-state index >= 15 is 0 Å². The number of nitrogens with zero attached hydrogens (tertiary/aromatic N) is 2. The predicted molar refractivity (Wildman–Crippen MR) is 138 cm³/mol. The van der Waals surface area contributed by atoms with Gasteiger partial charge in [0.2, 0.25) is 5.91 Å². The van der Waals surface area contributed by atoms with E-state index < -0.39 is 17.9 Å². The molecule has 0 saturated carbocycles. The maximum Gasteiger partial charge on any atom is 0.329 e. The lowest BCUT2D eigenvalue weighted by Gasteiger charge is -2.36. The minimum Gasteiger partial charge on any atom is -0.368 e. The summed E-state index contributed by atoms with van der Waals surface area (Å²) in [6.45, 7) is 2.96. The number of benzene rings is 3. The van der Waals surface area contributed by atoms with Crippen molar-refractivity contribution in [2.45, 2.75) is 25.9 Å². The molecule has 0 radical (unpaired) electrons. The quantitative estimate of drug-likeness (QED) is 0.478. The van der Waals surface area contributed by atoms with E-state index in [1.807, 2.05) is 55.5 Å². The van der Waals surface area contributed by atoms with E-state index in [4.69, 9.17) is 28.9 Å². The average Bonchev–Trinajstić information content (AvgIpc) is 2.83. The van der Waals surface area contributed by atoms with E-state index in [1.54, 1.807) is 28.0 Å². The number of carbonyl (C=O) groups excluding carboxylic acids is 3. The van der Waals surface area contributed by atoms with Gasteiger partial charge >= 0.3 is 6.03 Å². The van der Waals surface area contributed by atoms with Crippen molar-refractivity contribution in [1.29, 1.82) is 0 Å². The van der Waals surface area contributed by atoms with Gasteiger partial charge in [-0.3, -0.25) is 19.4 Å². The van der Waals surface area contributed by atoms with E-state index in [1.165, 1.54) is 0 Å². The van der Waals surface area contributed by atoms with Gasteiger partial charge in [-0.2, -0.15) is 0 Å². The second-order valence-corrected chi connectivity index (χ2v) is 8.95. The van der Waals surface area contributed by atoms with Crippen molar-refractivity contribution in [2.24, 2.45) is 5.73 Å². The lowest BCUT2D eigenvalue weighted by molar-refractivity contribution is -0.119. The van der Waals surface area contributed by atoms with Crippen molar-refractivity contribution in [1.82, 2.24) is 5.32 Å². The molecule has 180 valence electrons. The smallest absolute Gasteiger partial charge is 0.329 e. The zero-order chi connectivity index (χ0) is 25.1. The summed E-state index contributed by atoms with van der Waals surface area (Å²) in [5.41, 5.74) is 9.12. The molecule has 1 heterocycles. The molecule has 0 saturated heterocycles. The first-order valence-electron chi connectivity index (χ1n) is 11.1. The molecular formula is C26H24Cl2N4O3. The normalized spacial score (nSPS) is 13.9. The average molecular weight is 511 g/mol. The van der Waals surface area contributed by atoms with Gasteiger partial charge in [0, 0.05) is 18.7 Å². The maximum atomic E-state index is 13.1. The van der Waals surface area contributed by atoms with Crippen LogP contribution in [0.5, 0.6) is 0 Å². The molecule has 4 rings (SSSR count). The second kappa shape index (κ2) is 10.4. The Morgan fingerprint density at radius 3 is 2.29 bits per heavy atom. The molecule has 7 nitrogen and oxygen atoms in total. The molecule has 3 aromatic rings. The summed E-state index contributed by atoms with van der Waals surface area (Å²) >= 11 is 12.2.